The Morgan fingerprint density at radius 2 is 2.06 bits per heavy atom. The van der Waals surface area contributed by atoms with Gasteiger partial charge in [0.25, 0.3) is 11.8 Å². The van der Waals surface area contributed by atoms with Crippen LogP contribution in [-0.4, -0.2) is 47.5 Å². The third-order valence-electron chi connectivity index (χ3n) is 6.79. The molecule has 0 radical (unpaired) electrons. The molecule has 33 heavy (non-hydrogen) atoms. The molecular weight excluding hydrogens is 436 g/mol. The van der Waals surface area contributed by atoms with Crippen LogP contribution in [0, 0.1) is 25.2 Å². The van der Waals surface area contributed by atoms with Crippen LogP contribution in [-0.2, 0) is 0 Å². The first-order valence-electron chi connectivity index (χ1n) is 11.0. The summed E-state index contributed by atoms with van der Waals surface area (Å²) in [6.45, 7) is 4.69. The molecule has 1 aliphatic carbocycles. The molecule has 170 valence electrons. The molecule has 3 aromatic rings. The number of H-pyrrole nitrogens is 1. The number of hydrogen-bond donors (Lipinski definition) is 3. The second-order valence-corrected chi connectivity index (χ2v) is 9.80. The number of aryl methyl sites for hydroxylation is 1. The van der Waals surface area contributed by atoms with Crippen molar-refractivity contribution in [3.63, 3.8) is 0 Å². The summed E-state index contributed by atoms with van der Waals surface area (Å²) >= 11 is 1.42. The Bertz CT molecular complexity index is 1310. The number of nitrogens with one attached hydrogen (secondary N) is 3. The van der Waals surface area contributed by atoms with Crippen LogP contribution in [0.25, 0.3) is 15.8 Å². The molecule has 2 bridgehead atoms. The second kappa shape index (κ2) is 8.19. The van der Waals surface area contributed by atoms with Crippen molar-refractivity contribution in [1.29, 1.82) is 5.41 Å². The molecule has 2 aliphatic heterocycles. The second-order valence-electron chi connectivity index (χ2n) is 8.74. The highest BCUT2D eigenvalue weighted by Crippen LogP contribution is 2.42. The Morgan fingerprint density at radius 3 is 2.73 bits per heavy atom. The van der Waals surface area contributed by atoms with Gasteiger partial charge in [0.2, 0.25) is 0 Å². The zero-order valence-electron chi connectivity index (χ0n) is 18.8. The van der Waals surface area contributed by atoms with E-state index in [4.69, 9.17) is 10.1 Å². The van der Waals surface area contributed by atoms with E-state index in [2.05, 4.69) is 10.3 Å². The quantitative estimate of drug-likeness (QED) is 0.371. The number of nitrogens with zero attached hydrogens (tertiary/aromatic N) is 1. The highest BCUT2D eigenvalue weighted by molar-refractivity contribution is 7.21. The third kappa shape index (κ3) is 3.54. The van der Waals surface area contributed by atoms with E-state index in [1.54, 1.807) is 19.3 Å². The summed E-state index contributed by atoms with van der Waals surface area (Å²) in [6.07, 6.45) is 6.72. The molecule has 1 saturated carbocycles. The van der Waals surface area contributed by atoms with Gasteiger partial charge in [-0.25, -0.2) is 0 Å². The molecule has 2 saturated heterocycles. The topological polar surface area (TPSA) is 98.3 Å². The number of amides is 2. The lowest BCUT2D eigenvalue weighted by atomic mass is 9.86. The maximum Gasteiger partial charge on any atom is 0.261 e. The van der Waals surface area contributed by atoms with E-state index in [0.717, 1.165) is 40.6 Å². The molecule has 2 aromatic heterocycles. The van der Waals surface area contributed by atoms with E-state index in [0.29, 0.717) is 39.6 Å². The zero-order valence-corrected chi connectivity index (χ0v) is 19.6. The Morgan fingerprint density at radius 1 is 1.27 bits per heavy atom. The zero-order chi connectivity index (χ0) is 23.3. The highest BCUT2D eigenvalue weighted by Gasteiger charge is 2.45. The molecule has 8 heteroatoms. The predicted molar refractivity (Wildman–Crippen MR) is 130 cm³/mol. The van der Waals surface area contributed by atoms with Gasteiger partial charge in [0, 0.05) is 42.8 Å². The lowest BCUT2D eigenvalue weighted by molar-refractivity contribution is 0.0750. The number of allylic oxidation sites excluding steroid dienone is 1. The Hall–Kier alpha value is -3.39. The van der Waals surface area contributed by atoms with Crippen molar-refractivity contribution < 1.29 is 14.3 Å². The number of rotatable bonds is 6. The van der Waals surface area contributed by atoms with E-state index >= 15 is 0 Å². The Balaban J connectivity index is 1.43. The number of hydrogen-bond acceptors (Lipinski definition) is 5. The lowest BCUT2D eigenvalue weighted by Gasteiger charge is -2.25. The average Bonchev–Trinajstić information content (AvgIpc) is 3.55. The normalized spacial score (nSPS) is 19.5. The summed E-state index contributed by atoms with van der Waals surface area (Å²) in [5.74, 6) is 1.68. The molecule has 3 fully saturated rings. The summed E-state index contributed by atoms with van der Waals surface area (Å²) in [7, 11) is 1.62. The van der Waals surface area contributed by atoms with E-state index < -0.39 is 0 Å². The van der Waals surface area contributed by atoms with Crippen LogP contribution in [0.5, 0.6) is 5.75 Å². The molecule has 7 nitrogen and oxygen atoms in total. The van der Waals surface area contributed by atoms with Gasteiger partial charge in [0.1, 0.15) is 5.75 Å². The number of aromatic nitrogens is 1. The van der Waals surface area contributed by atoms with Gasteiger partial charge in [0.05, 0.1) is 16.1 Å². The summed E-state index contributed by atoms with van der Waals surface area (Å²) in [4.78, 5) is 31.1. The van der Waals surface area contributed by atoms with Gasteiger partial charge in [-0.3, -0.25) is 9.59 Å². The van der Waals surface area contributed by atoms with Crippen LogP contribution in [0.2, 0.25) is 0 Å². The number of thiophene rings is 1. The van der Waals surface area contributed by atoms with E-state index in [-0.39, 0.29) is 11.8 Å². The molecule has 3 aliphatic rings. The predicted octanol–water partition coefficient (Wildman–Crippen LogP) is 4.51. The average molecular weight is 463 g/mol. The molecule has 2 amide bonds. The number of benzene rings is 1. The van der Waals surface area contributed by atoms with Gasteiger partial charge in [-0.1, -0.05) is 0 Å². The number of carbonyl (C=O) groups excluding carboxylic acids is 2. The van der Waals surface area contributed by atoms with Crippen LogP contribution in [0.3, 0.4) is 0 Å². The largest absolute Gasteiger partial charge is 0.455 e. The minimum Gasteiger partial charge on any atom is -0.455 e. The van der Waals surface area contributed by atoms with E-state index in [9.17, 15) is 9.59 Å². The van der Waals surface area contributed by atoms with Gasteiger partial charge >= 0.3 is 0 Å². The van der Waals surface area contributed by atoms with Gasteiger partial charge in [0.15, 0.2) is 5.76 Å². The summed E-state index contributed by atoms with van der Waals surface area (Å²) < 4.78 is 7.12. The number of ether oxygens (including phenoxy) is 1. The molecular formula is C25H26N4O3S. The minimum absolute atomic E-state index is 0.0615. The van der Waals surface area contributed by atoms with Gasteiger partial charge in [-0.15, -0.1) is 11.3 Å². The van der Waals surface area contributed by atoms with Crippen molar-refractivity contribution in [2.45, 2.75) is 32.7 Å². The first-order valence-corrected chi connectivity index (χ1v) is 11.9. The molecule has 1 aromatic carbocycles. The van der Waals surface area contributed by atoms with Crippen LogP contribution in [0.1, 0.15) is 49.7 Å². The Labute approximate surface area is 195 Å². The lowest BCUT2D eigenvalue weighted by Crippen LogP contribution is -2.34. The molecule has 3 N–H and O–H groups in total. The maximum absolute atomic E-state index is 13.1. The minimum atomic E-state index is -0.102. The SMILES string of the molecule is CNC(=O)c1sc2cc(O/C(=C/C=N)c3[nH]cc(C(=O)N4CC5CC4C5)c3C)ccc2c1C. The third-order valence-corrected chi connectivity index (χ3v) is 8.04. The van der Waals surface area contributed by atoms with Crippen molar-refractivity contribution in [2.24, 2.45) is 5.92 Å². The molecule has 0 spiro atoms. The summed E-state index contributed by atoms with van der Waals surface area (Å²) in [6, 6.07) is 6.09. The van der Waals surface area contributed by atoms with E-state index in [1.165, 1.54) is 17.6 Å². The van der Waals surface area contributed by atoms with Crippen LogP contribution < -0.4 is 10.1 Å². The fourth-order valence-corrected chi connectivity index (χ4v) is 6.06. The van der Waals surface area contributed by atoms with E-state index in [1.807, 2.05) is 36.9 Å². The summed E-state index contributed by atoms with van der Waals surface area (Å²) in [5.41, 5.74) is 3.09. The van der Waals surface area contributed by atoms with Crippen molar-refractivity contribution in [3.8, 4) is 5.75 Å². The Kier molecular flexibility index (Phi) is 5.32. The van der Waals surface area contributed by atoms with Gasteiger partial charge in [-0.2, -0.15) is 0 Å². The smallest absolute Gasteiger partial charge is 0.261 e. The fourth-order valence-electron chi connectivity index (χ4n) is 4.88. The van der Waals surface area contributed by atoms with Gasteiger partial charge in [-0.05, 0) is 67.3 Å². The first kappa shape index (κ1) is 21.5. The van der Waals surface area contributed by atoms with Crippen LogP contribution >= 0.6 is 11.3 Å². The maximum atomic E-state index is 13.1. The molecule has 0 atom stereocenters. The molecule has 0 unspecified atom stereocenters. The van der Waals surface area contributed by atoms with Crippen LogP contribution in [0.15, 0.2) is 30.5 Å². The van der Waals surface area contributed by atoms with Crippen molar-refractivity contribution in [1.82, 2.24) is 15.2 Å². The van der Waals surface area contributed by atoms with Crippen molar-refractivity contribution in [3.05, 3.63) is 57.7 Å². The fraction of sp³-hybridized carbons (Fsp3) is 0.320. The molecule has 6 rings (SSSR count). The number of fused-ring (bicyclic) bond motifs is 2. The van der Waals surface area contributed by atoms with Crippen LogP contribution in [0.4, 0.5) is 0 Å². The van der Waals surface area contributed by atoms with Crippen molar-refractivity contribution in [2.75, 3.05) is 13.6 Å². The monoisotopic (exact) mass is 462 g/mol. The standard InChI is InChI=1S/C25H26N4O3S/c1-13-19(25(31)29-12-15-8-16(29)9-15)11-28-22(13)20(6-7-26)32-17-4-5-18-14(2)23(24(30)27-3)33-21(18)10-17/h4-7,10-11,15-16,26,28H,8-9,12H2,1-3H3,(H,27,30)/b20-6+,26-7?. The number of aromatic amines is 1. The molecule has 4 heterocycles. The van der Waals surface area contributed by atoms with Gasteiger partial charge < -0.3 is 25.3 Å². The number of carbonyl (C=O) groups is 2. The highest BCUT2D eigenvalue weighted by atomic mass is 32.1. The summed E-state index contributed by atoms with van der Waals surface area (Å²) in [5, 5.41) is 11.3. The van der Waals surface area contributed by atoms with Crippen molar-refractivity contribution >= 4 is 45.2 Å². The first-order chi connectivity index (χ1) is 15.9.